The molecule has 2 heterocycles. The lowest BCUT2D eigenvalue weighted by molar-refractivity contribution is 0.344. The van der Waals surface area contributed by atoms with Crippen LogP contribution in [0.3, 0.4) is 0 Å². The van der Waals surface area contributed by atoms with Gasteiger partial charge in [-0.25, -0.2) is 4.57 Å². The molecule has 2 aromatic heterocycles. The first-order valence-electron chi connectivity index (χ1n) is 9.68. The highest BCUT2D eigenvalue weighted by molar-refractivity contribution is 7.99. The fourth-order valence-electron chi connectivity index (χ4n) is 3.43. The van der Waals surface area contributed by atoms with Crippen LogP contribution >= 0.6 is 23.4 Å². The van der Waals surface area contributed by atoms with Crippen molar-refractivity contribution >= 4 is 40.0 Å². The Morgan fingerprint density at radius 2 is 1.65 bits per heavy atom. The number of ether oxygens (including phenoxy) is 1. The zero-order valence-corrected chi connectivity index (χ0v) is 17.9. The van der Waals surface area contributed by atoms with Crippen LogP contribution in [0.2, 0.25) is 5.02 Å². The molecule has 154 valence electrons. The lowest BCUT2D eigenvalue weighted by atomic mass is 10.2. The van der Waals surface area contributed by atoms with E-state index in [1.54, 1.807) is 10.6 Å². The summed E-state index contributed by atoms with van der Waals surface area (Å²) in [7, 11) is 0. The predicted octanol–water partition coefficient (Wildman–Crippen LogP) is 4.86. The highest BCUT2D eigenvalue weighted by atomic mass is 35.5. The smallest absolute Gasteiger partial charge is 0.267 e. The highest BCUT2D eigenvalue weighted by Gasteiger charge is 2.17. The zero-order valence-electron chi connectivity index (χ0n) is 16.3. The number of benzene rings is 3. The number of thioether (sulfide) groups is 1. The molecule has 31 heavy (non-hydrogen) atoms. The van der Waals surface area contributed by atoms with Gasteiger partial charge in [0.05, 0.1) is 28.2 Å². The second-order valence-corrected chi connectivity index (χ2v) is 8.21. The lowest BCUT2D eigenvalue weighted by Crippen LogP contribution is -2.21. The van der Waals surface area contributed by atoms with Crippen molar-refractivity contribution in [1.29, 1.82) is 0 Å². The van der Waals surface area contributed by atoms with Crippen molar-refractivity contribution in [2.24, 2.45) is 0 Å². The van der Waals surface area contributed by atoms with Crippen molar-refractivity contribution in [3.63, 3.8) is 0 Å². The Morgan fingerprint density at radius 1 is 0.903 bits per heavy atom. The van der Waals surface area contributed by atoms with Crippen molar-refractivity contribution in [3.05, 3.63) is 94.2 Å². The summed E-state index contributed by atoms with van der Waals surface area (Å²) in [5.74, 6) is 1.77. The average molecular weight is 449 g/mol. The number of para-hydroxylation sites is 3. The monoisotopic (exact) mass is 448 g/mol. The Balaban J connectivity index is 1.52. The number of hydrogen-bond acceptors (Lipinski definition) is 5. The van der Waals surface area contributed by atoms with Crippen molar-refractivity contribution < 1.29 is 4.74 Å². The maximum Gasteiger partial charge on any atom is 0.267 e. The number of nitrogens with zero attached hydrogens (tertiary/aromatic N) is 4. The third kappa shape index (κ3) is 3.66. The maximum atomic E-state index is 13.2. The molecule has 5 rings (SSSR count). The van der Waals surface area contributed by atoms with Crippen LogP contribution in [0.15, 0.2) is 88.8 Å². The van der Waals surface area contributed by atoms with Gasteiger partial charge in [0.1, 0.15) is 5.75 Å². The number of halogens is 1. The first kappa shape index (κ1) is 19.7. The maximum absolute atomic E-state index is 13.2. The molecule has 0 radical (unpaired) electrons. The molecule has 0 saturated heterocycles. The second kappa shape index (κ2) is 8.45. The SMILES string of the molecule is O=c1c2ccccc2n2c(SCCOc3ccccc3Cl)nnc2n1-c1ccccc1. The first-order chi connectivity index (χ1) is 15.2. The molecule has 0 N–H and O–H groups in total. The van der Waals surface area contributed by atoms with Crippen molar-refractivity contribution in [2.45, 2.75) is 5.16 Å². The van der Waals surface area contributed by atoms with Gasteiger partial charge in [0.2, 0.25) is 5.78 Å². The van der Waals surface area contributed by atoms with Crippen LogP contribution in [0.5, 0.6) is 5.75 Å². The summed E-state index contributed by atoms with van der Waals surface area (Å²) in [5.41, 5.74) is 1.39. The van der Waals surface area contributed by atoms with Gasteiger partial charge >= 0.3 is 0 Å². The minimum atomic E-state index is -0.125. The molecule has 6 nitrogen and oxygen atoms in total. The Morgan fingerprint density at radius 3 is 2.48 bits per heavy atom. The molecule has 0 fully saturated rings. The first-order valence-corrected chi connectivity index (χ1v) is 11.0. The number of rotatable bonds is 6. The summed E-state index contributed by atoms with van der Waals surface area (Å²) in [4.78, 5) is 13.2. The Hall–Kier alpha value is -3.29. The van der Waals surface area contributed by atoms with E-state index in [1.165, 1.54) is 11.8 Å². The molecule has 3 aromatic carbocycles. The van der Waals surface area contributed by atoms with E-state index in [0.717, 1.165) is 11.2 Å². The van der Waals surface area contributed by atoms with Crippen molar-refractivity contribution in [3.8, 4) is 11.4 Å². The number of hydrogen-bond donors (Lipinski definition) is 0. The van der Waals surface area contributed by atoms with E-state index < -0.39 is 0 Å². The van der Waals surface area contributed by atoms with Crippen LogP contribution in [-0.4, -0.2) is 31.5 Å². The third-order valence-corrected chi connectivity index (χ3v) is 6.02. The van der Waals surface area contributed by atoms with Crippen LogP contribution < -0.4 is 10.3 Å². The molecule has 0 bridgehead atoms. The van der Waals surface area contributed by atoms with E-state index in [9.17, 15) is 4.79 Å². The highest BCUT2D eigenvalue weighted by Crippen LogP contribution is 2.25. The molecule has 0 amide bonds. The molecule has 0 unspecified atom stereocenters. The van der Waals surface area contributed by atoms with Crippen molar-refractivity contribution in [1.82, 2.24) is 19.2 Å². The van der Waals surface area contributed by atoms with Gasteiger partial charge in [-0.05, 0) is 36.4 Å². The summed E-state index contributed by atoms with van der Waals surface area (Å²) in [6.45, 7) is 0.458. The molecule has 0 saturated carbocycles. The summed E-state index contributed by atoms with van der Waals surface area (Å²) in [5, 5.41) is 10.6. The minimum Gasteiger partial charge on any atom is -0.491 e. The summed E-state index contributed by atoms with van der Waals surface area (Å²) >= 11 is 7.66. The van der Waals surface area contributed by atoms with Gasteiger partial charge in [-0.2, -0.15) is 0 Å². The van der Waals surface area contributed by atoms with E-state index in [-0.39, 0.29) is 5.56 Å². The summed E-state index contributed by atoms with van der Waals surface area (Å²) < 4.78 is 9.30. The van der Waals surface area contributed by atoms with Crippen LogP contribution in [-0.2, 0) is 0 Å². The Labute approximate surface area is 187 Å². The van der Waals surface area contributed by atoms with Gasteiger partial charge in [-0.3, -0.25) is 9.20 Å². The Kier molecular flexibility index (Phi) is 5.36. The van der Waals surface area contributed by atoms with Gasteiger partial charge in [-0.1, -0.05) is 65.8 Å². The molecule has 0 spiro atoms. The third-order valence-electron chi connectivity index (χ3n) is 4.82. The molecular formula is C23H17ClN4O2S. The van der Waals surface area contributed by atoms with Crippen LogP contribution in [0.4, 0.5) is 0 Å². The molecule has 5 aromatic rings. The number of fused-ring (bicyclic) bond motifs is 3. The lowest BCUT2D eigenvalue weighted by Gasteiger charge is -2.11. The van der Waals surface area contributed by atoms with E-state index in [0.29, 0.717) is 39.5 Å². The fourth-order valence-corrected chi connectivity index (χ4v) is 4.38. The molecule has 0 aliphatic rings. The summed E-state index contributed by atoms with van der Waals surface area (Å²) in [6.07, 6.45) is 0. The van der Waals surface area contributed by atoms with E-state index in [4.69, 9.17) is 16.3 Å². The largest absolute Gasteiger partial charge is 0.491 e. The summed E-state index contributed by atoms with van der Waals surface area (Å²) in [6, 6.07) is 24.4. The van der Waals surface area contributed by atoms with E-state index in [2.05, 4.69) is 10.2 Å². The van der Waals surface area contributed by atoms with Gasteiger partial charge in [0.15, 0.2) is 5.16 Å². The van der Waals surface area contributed by atoms with Crippen LogP contribution in [0.25, 0.3) is 22.4 Å². The molecule has 0 atom stereocenters. The van der Waals surface area contributed by atoms with Crippen molar-refractivity contribution in [2.75, 3.05) is 12.4 Å². The standard InChI is InChI=1S/C23H17ClN4O2S/c24-18-11-5-7-13-20(18)30-14-15-31-23-26-25-22-27(16-8-2-1-3-9-16)21(29)17-10-4-6-12-19(17)28(22)23/h1-13H,14-15H2. The van der Waals surface area contributed by atoms with Gasteiger partial charge in [0.25, 0.3) is 5.56 Å². The molecule has 8 heteroatoms. The van der Waals surface area contributed by atoms with Gasteiger partial charge in [-0.15, -0.1) is 10.2 Å². The molecule has 0 aliphatic heterocycles. The Bertz CT molecular complexity index is 1430. The van der Waals surface area contributed by atoms with Gasteiger partial charge in [0, 0.05) is 5.75 Å². The minimum absolute atomic E-state index is 0.125. The quantitative estimate of drug-likeness (QED) is 0.274. The normalized spacial score (nSPS) is 11.3. The second-order valence-electron chi connectivity index (χ2n) is 6.74. The topological polar surface area (TPSA) is 61.4 Å². The van der Waals surface area contributed by atoms with Gasteiger partial charge < -0.3 is 4.74 Å². The van der Waals surface area contributed by atoms with E-state index in [1.807, 2.05) is 77.2 Å². The van der Waals surface area contributed by atoms with Crippen LogP contribution in [0.1, 0.15) is 0 Å². The number of aromatic nitrogens is 4. The zero-order chi connectivity index (χ0) is 21.2. The molecular weight excluding hydrogens is 432 g/mol. The predicted molar refractivity (Wildman–Crippen MR) is 124 cm³/mol. The molecule has 0 aliphatic carbocycles. The van der Waals surface area contributed by atoms with Crippen LogP contribution in [0, 0.1) is 0 Å². The van der Waals surface area contributed by atoms with E-state index >= 15 is 0 Å². The average Bonchev–Trinajstić information content (AvgIpc) is 3.22. The fraction of sp³-hybridized carbons (Fsp3) is 0.0870.